The van der Waals surface area contributed by atoms with Crippen LogP contribution in [-0.2, 0) is 14.4 Å². The van der Waals surface area contributed by atoms with E-state index in [1.54, 1.807) is 0 Å². The Labute approximate surface area is 138 Å². The fourth-order valence-corrected chi connectivity index (χ4v) is 1.48. The minimum atomic E-state index is -1.16. The van der Waals surface area contributed by atoms with Gasteiger partial charge in [-0.15, -0.1) is 0 Å². The van der Waals surface area contributed by atoms with Crippen molar-refractivity contribution in [2.24, 2.45) is 0 Å². The zero-order chi connectivity index (χ0) is 14.8. The molecule has 0 fully saturated rings. The SMILES string of the molecule is O=C(O)CN(CCO)CCN(CC(=O)O)CC(=O)O.[NaH]. The molecule has 10 heteroatoms. The van der Waals surface area contributed by atoms with Gasteiger partial charge in [0.15, 0.2) is 0 Å². The summed E-state index contributed by atoms with van der Waals surface area (Å²) in [6.45, 7) is -1.03. The summed E-state index contributed by atoms with van der Waals surface area (Å²) in [5, 5.41) is 34.7. The van der Waals surface area contributed by atoms with E-state index < -0.39 is 31.0 Å². The molecule has 0 aromatic heterocycles. The van der Waals surface area contributed by atoms with Gasteiger partial charge in [-0.25, -0.2) is 0 Å². The van der Waals surface area contributed by atoms with Gasteiger partial charge in [0.05, 0.1) is 26.2 Å². The molecule has 0 aliphatic heterocycles. The van der Waals surface area contributed by atoms with Crippen LogP contribution in [-0.4, -0.2) is 124 Å². The maximum atomic E-state index is 10.6. The molecular formula is C10H19N2NaO7. The minimum absolute atomic E-state index is 0. The molecule has 0 bridgehead atoms. The first kappa shape index (κ1) is 21.6. The van der Waals surface area contributed by atoms with Gasteiger partial charge in [0, 0.05) is 19.6 Å². The summed E-state index contributed by atoms with van der Waals surface area (Å²) >= 11 is 0. The molecule has 4 N–H and O–H groups in total. The van der Waals surface area contributed by atoms with E-state index in [0.717, 1.165) is 0 Å². The van der Waals surface area contributed by atoms with Crippen LogP contribution >= 0.6 is 0 Å². The van der Waals surface area contributed by atoms with Crippen LogP contribution in [0.3, 0.4) is 0 Å². The van der Waals surface area contributed by atoms with E-state index in [-0.39, 0.29) is 62.3 Å². The number of carboxylic acids is 3. The molecular weight excluding hydrogens is 283 g/mol. The Hall–Kier alpha value is -0.710. The number of carbonyl (C=O) groups is 3. The van der Waals surface area contributed by atoms with Crippen LogP contribution in [0.15, 0.2) is 0 Å². The van der Waals surface area contributed by atoms with Gasteiger partial charge < -0.3 is 20.4 Å². The summed E-state index contributed by atoms with van der Waals surface area (Å²) in [4.78, 5) is 34.3. The molecule has 0 unspecified atom stereocenters. The molecule has 0 aliphatic carbocycles. The number of aliphatic hydroxyl groups excluding tert-OH is 1. The van der Waals surface area contributed by atoms with Crippen LogP contribution in [0.5, 0.6) is 0 Å². The van der Waals surface area contributed by atoms with Crippen LogP contribution in [0.25, 0.3) is 0 Å². The zero-order valence-electron chi connectivity index (χ0n) is 10.4. The molecule has 112 valence electrons. The Kier molecular flexibility index (Phi) is 13.0. The Balaban J connectivity index is 0. The monoisotopic (exact) mass is 302 g/mol. The van der Waals surface area contributed by atoms with Gasteiger partial charge in [0.25, 0.3) is 0 Å². The van der Waals surface area contributed by atoms with Crippen molar-refractivity contribution in [3.63, 3.8) is 0 Å². The van der Waals surface area contributed by atoms with Crippen molar-refractivity contribution in [1.82, 2.24) is 9.80 Å². The van der Waals surface area contributed by atoms with Crippen molar-refractivity contribution in [2.45, 2.75) is 0 Å². The third kappa shape index (κ3) is 12.3. The quantitative estimate of drug-likeness (QED) is 0.298. The summed E-state index contributed by atoms with van der Waals surface area (Å²) in [6.07, 6.45) is 0. The third-order valence-electron chi connectivity index (χ3n) is 2.23. The first-order valence-electron chi connectivity index (χ1n) is 5.56. The predicted octanol–water partition coefficient (Wildman–Crippen LogP) is -2.81. The van der Waals surface area contributed by atoms with E-state index >= 15 is 0 Å². The summed E-state index contributed by atoms with van der Waals surface area (Å²) < 4.78 is 0. The number of nitrogens with zero attached hydrogens (tertiary/aromatic N) is 2. The van der Waals surface area contributed by atoms with Crippen LogP contribution in [0.4, 0.5) is 0 Å². The number of carboxylic acid groups (broad SMARTS) is 3. The van der Waals surface area contributed by atoms with Crippen molar-refractivity contribution in [2.75, 3.05) is 45.9 Å². The second-order valence-electron chi connectivity index (χ2n) is 3.89. The summed E-state index contributed by atoms with van der Waals surface area (Å²) in [7, 11) is 0. The fourth-order valence-electron chi connectivity index (χ4n) is 1.48. The zero-order valence-corrected chi connectivity index (χ0v) is 10.4. The summed E-state index contributed by atoms with van der Waals surface area (Å²) in [6, 6.07) is 0. The fraction of sp³-hybridized carbons (Fsp3) is 0.700. The van der Waals surface area contributed by atoms with Gasteiger partial charge in [-0.1, -0.05) is 0 Å². The van der Waals surface area contributed by atoms with Crippen molar-refractivity contribution >= 4 is 47.5 Å². The first-order chi connectivity index (χ1) is 8.85. The molecule has 0 saturated carbocycles. The van der Waals surface area contributed by atoms with Crippen molar-refractivity contribution in [3.05, 3.63) is 0 Å². The second-order valence-corrected chi connectivity index (χ2v) is 3.89. The Morgan fingerprint density at radius 3 is 1.40 bits per heavy atom. The van der Waals surface area contributed by atoms with Crippen molar-refractivity contribution in [3.8, 4) is 0 Å². The van der Waals surface area contributed by atoms with Gasteiger partial charge in [0.1, 0.15) is 0 Å². The molecule has 0 atom stereocenters. The molecule has 0 heterocycles. The molecule has 0 spiro atoms. The van der Waals surface area contributed by atoms with Gasteiger partial charge in [-0.05, 0) is 0 Å². The van der Waals surface area contributed by atoms with Crippen LogP contribution in [0, 0.1) is 0 Å². The molecule has 20 heavy (non-hydrogen) atoms. The molecule has 0 aromatic carbocycles. The Bertz CT molecular complexity index is 311. The molecule has 0 aliphatic rings. The summed E-state index contributed by atoms with van der Waals surface area (Å²) in [5.41, 5.74) is 0. The van der Waals surface area contributed by atoms with Crippen LogP contribution in [0.2, 0.25) is 0 Å². The van der Waals surface area contributed by atoms with Crippen molar-refractivity contribution < 1.29 is 34.8 Å². The molecule has 0 aromatic rings. The predicted molar refractivity (Wildman–Crippen MR) is 70.0 cm³/mol. The third-order valence-corrected chi connectivity index (χ3v) is 2.23. The number of hydrogen-bond acceptors (Lipinski definition) is 6. The Morgan fingerprint density at radius 1 is 0.700 bits per heavy atom. The number of aliphatic carboxylic acids is 3. The van der Waals surface area contributed by atoms with E-state index in [0.29, 0.717) is 0 Å². The van der Waals surface area contributed by atoms with Crippen LogP contribution < -0.4 is 0 Å². The normalized spacial score (nSPS) is 10.3. The average Bonchev–Trinajstić information content (AvgIpc) is 2.23. The summed E-state index contributed by atoms with van der Waals surface area (Å²) in [5.74, 6) is -3.39. The molecule has 9 nitrogen and oxygen atoms in total. The molecule has 0 rings (SSSR count). The van der Waals surface area contributed by atoms with Crippen LogP contribution in [0.1, 0.15) is 0 Å². The van der Waals surface area contributed by atoms with Gasteiger partial charge in [-0.3, -0.25) is 24.2 Å². The molecule has 0 saturated heterocycles. The number of aliphatic hydroxyl groups is 1. The average molecular weight is 302 g/mol. The van der Waals surface area contributed by atoms with Crippen molar-refractivity contribution in [1.29, 1.82) is 0 Å². The molecule has 0 amide bonds. The Morgan fingerprint density at radius 2 is 1.05 bits per heavy atom. The molecule has 0 radical (unpaired) electrons. The van der Waals surface area contributed by atoms with Gasteiger partial charge >= 0.3 is 47.5 Å². The first-order valence-corrected chi connectivity index (χ1v) is 5.56. The van der Waals surface area contributed by atoms with E-state index in [1.165, 1.54) is 9.80 Å². The standard InChI is InChI=1S/C10H18N2O7.Na.H/c13-4-3-11(5-8(14)15)1-2-12(6-9(16)17)7-10(18)19;;/h13H,1-7H2,(H,14,15)(H,16,17)(H,18,19);;. The van der Waals surface area contributed by atoms with E-state index in [9.17, 15) is 14.4 Å². The van der Waals surface area contributed by atoms with E-state index in [1.807, 2.05) is 0 Å². The number of rotatable bonds is 11. The van der Waals surface area contributed by atoms with Gasteiger partial charge in [-0.2, -0.15) is 0 Å². The van der Waals surface area contributed by atoms with E-state index in [2.05, 4.69) is 0 Å². The maximum absolute atomic E-state index is 10.6. The number of hydrogen-bond donors (Lipinski definition) is 4. The van der Waals surface area contributed by atoms with Gasteiger partial charge in [0.2, 0.25) is 0 Å². The topological polar surface area (TPSA) is 139 Å². The van der Waals surface area contributed by atoms with E-state index in [4.69, 9.17) is 20.4 Å². The second kappa shape index (κ2) is 12.1.